The third kappa shape index (κ3) is 5.75. The number of nitrogens with zero attached hydrogens (tertiary/aromatic N) is 5. The highest BCUT2D eigenvalue weighted by molar-refractivity contribution is 7.84. The van der Waals surface area contributed by atoms with Crippen LogP contribution in [0.1, 0.15) is 61.2 Å². The Morgan fingerprint density at radius 2 is 1.92 bits per heavy atom. The minimum Gasteiger partial charge on any atom is -0.348 e. The van der Waals surface area contributed by atoms with E-state index in [9.17, 15) is 4.21 Å². The van der Waals surface area contributed by atoms with Crippen LogP contribution in [0.3, 0.4) is 0 Å². The first-order valence-electron chi connectivity index (χ1n) is 12.8. The van der Waals surface area contributed by atoms with Gasteiger partial charge in [0, 0.05) is 18.0 Å². The van der Waals surface area contributed by atoms with E-state index in [-0.39, 0.29) is 16.2 Å². The molecule has 11 heteroatoms. The number of aromatic nitrogens is 1. The van der Waals surface area contributed by atoms with E-state index in [1.54, 1.807) is 6.07 Å². The number of fused-ring (bicyclic) bond motifs is 1. The fourth-order valence-corrected chi connectivity index (χ4v) is 7.62. The van der Waals surface area contributed by atoms with E-state index in [0.29, 0.717) is 15.9 Å². The zero-order valence-corrected chi connectivity index (χ0v) is 25.2. The van der Waals surface area contributed by atoms with Crippen LogP contribution in [0.15, 0.2) is 47.6 Å². The van der Waals surface area contributed by atoms with Crippen LogP contribution >= 0.6 is 34.5 Å². The molecular weight excluding hydrogens is 571 g/mol. The van der Waals surface area contributed by atoms with E-state index in [0.717, 1.165) is 47.9 Å². The number of hydrogen-bond acceptors (Lipinski definition) is 5. The molecule has 1 aliphatic heterocycles. The molecule has 2 atom stereocenters. The summed E-state index contributed by atoms with van der Waals surface area (Å²) in [6.45, 7) is 7.62. The lowest BCUT2D eigenvalue weighted by molar-refractivity contribution is 0.177. The Kier molecular flexibility index (Phi) is 8.11. The minimum absolute atomic E-state index is 0.0158. The van der Waals surface area contributed by atoms with Crippen molar-refractivity contribution in [2.24, 2.45) is 10.5 Å². The number of nitrogens with one attached hydrogen (secondary N) is 1. The lowest BCUT2D eigenvalue weighted by Gasteiger charge is -2.44. The van der Waals surface area contributed by atoms with Gasteiger partial charge >= 0.3 is 0 Å². The van der Waals surface area contributed by atoms with E-state index in [1.807, 2.05) is 45.1 Å². The van der Waals surface area contributed by atoms with Gasteiger partial charge in [-0.05, 0) is 84.9 Å². The van der Waals surface area contributed by atoms with E-state index >= 15 is 0 Å². The van der Waals surface area contributed by atoms with Crippen LogP contribution in [0.5, 0.6) is 0 Å². The zero-order chi connectivity index (χ0) is 27.8. The molecule has 2 aromatic carbocycles. The molecule has 1 saturated heterocycles. The van der Waals surface area contributed by atoms with Gasteiger partial charge in [-0.3, -0.25) is 0 Å². The number of rotatable bonds is 6. The smallest absolute Gasteiger partial charge is 0.186 e. The minimum atomic E-state index is -1.18. The highest BCUT2D eigenvalue weighted by Crippen LogP contribution is 2.53. The van der Waals surface area contributed by atoms with Crippen LogP contribution in [0.4, 0.5) is 10.9 Å². The van der Waals surface area contributed by atoms with Crippen LogP contribution in [0, 0.1) is 5.41 Å². The van der Waals surface area contributed by atoms with Crippen molar-refractivity contribution in [3.63, 3.8) is 0 Å². The van der Waals surface area contributed by atoms with Crippen molar-refractivity contribution in [1.82, 2.24) is 9.71 Å². The molecule has 1 fully saturated rings. The molecule has 0 radical (unpaired) electrons. The Labute approximate surface area is 245 Å². The highest BCUT2D eigenvalue weighted by Gasteiger charge is 2.49. The Bertz CT molecular complexity index is 1480. The first-order chi connectivity index (χ1) is 18.6. The largest absolute Gasteiger partial charge is 0.348 e. The number of hydrogen-bond donors (Lipinski definition) is 1. The Hall–Kier alpha value is -2.39. The molecule has 0 bridgehead atoms. The van der Waals surface area contributed by atoms with Crippen molar-refractivity contribution in [2.75, 3.05) is 18.0 Å². The molecule has 0 saturated carbocycles. The van der Waals surface area contributed by atoms with E-state index in [1.165, 1.54) is 22.5 Å². The predicted molar refractivity (Wildman–Crippen MR) is 164 cm³/mol. The normalized spacial score (nSPS) is 19.3. The van der Waals surface area contributed by atoms with E-state index in [4.69, 9.17) is 28.7 Å². The van der Waals surface area contributed by atoms with Crippen LogP contribution in [0.2, 0.25) is 10.0 Å². The van der Waals surface area contributed by atoms with Crippen molar-refractivity contribution < 1.29 is 4.21 Å². The summed E-state index contributed by atoms with van der Waals surface area (Å²) in [6.07, 6.45) is 6.55. The third-order valence-electron chi connectivity index (χ3n) is 7.49. The van der Waals surface area contributed by atoms with Crippen molar-refractivity contribution in [3.05, 3.63) is 84.5 Å². The molecule has 0 amide bonds. The van der Waals surface area contributed by atoms with Crippen LogP contribution in [-0.2, 0) is 17.4 Å². The van der Waals surface area contributed by atoms with Crippen molar-refractivity contribution in [3.8, 4) is 0 Å². The molecule has 1 aromatic heterocycles. The van der Waals surface area contributed by atoms with Gasteiger partial charge in [-0.2, -0.15) is 0 Å². The lowest BCUT2D eigenvalue weighted by Crippen LogP contribution is -2.47. The summed E-state index contributed by atoms with van der Waals surface area (Å²) in [7, 11) is -1.18. The molecule has 3 aromatic rings. The van der Waals surface area contributed by atoms with Crippen molar-refractivity contribution in [1.29, 1.82) is 0 Å². The number of anilines is 1. The molecule has 5 rings (SSSR count). The number of thiazole rings is 1. The van der Waals surface area contributed by atoms with Gasteiger partial charge in [0.25, 0.3) is 0 Å². The van der Waals surface area contributed by atoms with Crippen molar-refractivity contribution in [2.45, 2.75) is 50.8 Å². The fraction of sp³-hybridized carbons (Fsp3) is 0.393. The number of azide groups is 1. The fourth-order valence-electron chi connectivity index (χ4n) is 5.35. The van der Waals surface area contributed by atoms with Gasteiger partial charge in [0.1, 0.15) is 5.82 Å². The monoisotopic (exact) mass is 600 g/mol. The van der Waals surface area contributed by atoms with Crippen LogP contribution in [-0.4, -0.2) is 27.0 Å². The van der Waals surface area contributed by atoms with Crippen molar-refractivity contribution >= 4 is 68.6 Å². The maximum Gasteiger partial charge on any atom is 0.186 e. The predicted octanol–water partition coefficient (Wildman–Crippen LogP) is 8.50. The maximum atomic E-state index is 13.2. The first-order valence-corrected chi connectivity index (χ1v) is 15.5. The van der Waals surface area contributed by atoms with Gasteiger partial charge in [0.05, 0.1) is 36.7 Å². The number of halogens is 2. The molecule has 2 heterocycles. The topological polar surface area (TPSA) is 94.0 Å². The van der Waals surface area contributed by atoms with Crippen LogP contribution in [0.25, 0.3) is 22.6 Å². The van der Waals surface area contributed by atoms with Gasteiger partial charge in [0.2, 0.25) is 0 Å². The number of piperidine rings is 1. The molecule has 204 valence electrons. The average Bonchev–Trinajstić information content (AvgIpc) is 3.44. The zero-order valence-electron chi connectivity index (χ0n) is 22.0. The summed E-state index contributed by atoms with van der Waals surface area (Å²) < 4.78 is 16.3. The standard InChI is InChI=1S/C28H30Cl2N6OS2/c1-27(2,3)39(37)34-24-20-9-5-4-7-19(20)17-28(24)13-15-36(16-14-28)26-32-25(33-35-31)22(38-26)12-11-18-8-6-10-21(29)23(18)30/h4-12,24,34H,13-17H2,1-3H3/b12-11+/t24-,39?/m1/s1. The van der Waals surface area contributed by atoms with Gasteiger partial charge in [0.15, 0.2) is 5.13 Å². The molecule has 1 N–H and O–H groups in total. The van der Waals surface area contributed by atoms with Gasteiger partial charge < -0.3 is 4.90 Å². The highest BCUT2D eigenvalue weighted by atomic mass is 35.5. The van der Waals surface area contributed by atoms with Crippen LogP contribution < -0.4 is 9.62 Å². The lowest BCUT2D eigenvalue weighted by atomic mass is 9.73. The summed E-state index contributed by atoms with van der Waals surface area (Å²) in [5.74, 6) is 0.348. The summed E-state index contributed by atoms with van der Waals surface area (Å²) in [5.41, 5.74) is 12.5. The van der Waals surface area contributed by atoms with Gasteiger partial charge in [-0.25, -0.2) is 13.9 Å². The average molecular weight is 602 g/mol. The molecular formula is C28H30Cl2N6OS2. The van der Waals surface area contributed by atoms with E-state index in [2.05, 4.69) is 48.9 Å². The summed E-state index contributed by atoms with van der Waals surface area (Å²) in [4.78, 5) is 10.7. The van der Waals surface area contributed by atoms with Gasteiger partial charge in [-0.1, -0.05) is 77.0 Å². The molecule has 1 aliphatic carbocycles. The third-order valence-corrected chi connectivity index (χ3v) is 11.0. The summed E-state index contributed by atoms with van der Waals surface area (Å²) in [6, 6.07) is 14.0. The Morgan fingerprint density at radius 1 is 1.18 bits per heavy atom. The Balaban J connectivity index is 1.37. The molecule has 7 nitrogen and oxygen atoms in total. The first kappa shape index (κ1) is 28.1. The second-order valence-electron chi connectivity index (χ2n) is 11.0. The number of benzene rings is 2. The molecule has 1 unspecified atom stereocenters. The second-order valence-corrected chi connectivity index (χ2v) is 14.8. The SMILES string of the molecule is CC(C)(C)S(=O)N[C@@H]1c2ccccc2CC12CCN(c1nc(N=[N+]=[N-])c(/C=C/c3cccc(Cl)c3Cl)s1)CC2. The molecule has 39 heavy (non-hydrogen) atoms. The quantitative estimate of drug-likeness (QED) is 0.174. The summed E-state index contributed by atoms with van der Waals surface area (Å²) in [5, 5.41) is 5.61. The van der Waals surface area contributed by atoms with E-state index < -0.39 is 11.0 Å². The second kappa shape index (κ2) is 11.2. The maximum absolute atomic E-state index is 13.2. The molecule has 2 aliphatic rings. The molecule has 1 spiro atoms. The Morgan fingerprint density at radius 3 is 2.64 bits per heavy atom. The summed E-state index contributed by atoms with van der Waals surface area (Å²) >= 11 is 14.0. The van der Waals surface area contributed by atoms with Gasteiger partial charge in [-0.15, -0.1) is 0 Å².